The van der Waals surface area contributed by atoms with E-state index in [1.54, 1.807) is 0 Å². The van der Waals surface area contributed by atoms with Crippen LogP contribution in [0, 0.1) is 5.92 Å². The van der Waals surface area contributed by atoms with Gasteiger partial charge in [0.15, 0.2) is 0 Å². The fourth-order valence-corrected chi connectivity index (χ4v) is 2.37. The monoisotopic (exact) mass is 252 g/mol. The SMILES string of the molecule is CCNCc1cn(CCOCC2CCCC2)nn1. The molecule has 0 radical (unpaired) electrons. The number of hydrogen-bond acceptors (Lipinski definition) is 4. The maximum Gasteiger partial charge on any atom is 0.0964 e. The van der Waals surface area contributed by atoms with Crippen LogP contribution in [0.4, 0.5) is 0 Å². The molecule has 18 heavy (non-hydrogen) atoms. The van der Waals surface area contributed by atoms with Crippen molar-refractivity contribution in [3.63, 3.8) is 0 Å². The van der Waals surface area contributed by atoms with E-state index in [4.69, 9.17) is 4.74 Å². The van der Waals surface area contributed by atoms with E-state index >= 15 is 0 Å². The van der Waals surface area contributed by atoms with E-state index in [0.29, 0.717) is 0 Å². The molecule has 0 saturated heterocycles. The third kappa shape index (κ3) is 4.38. The van der Waals surface area contributed by atoms with Gasteiger partial charge in [-0.1, -0.05) is 25.0 Å². The van der Waals surface area contributed by atoms with Gasteiger partial charge >= 0.3 is 0 Å². The predicted octanol–water partition coefficient (Wildman–Crippen LogP) is 1.59. The van der Waals surface area contributed by atoms with Crippen molar-refractivity contribution in [2.75, 3.05) is 19.8 Å². The molecule has 1 heterocycles. The molecule has 0 spiro atoms. The highest BCUT2D eigenvalue weighted by Gasteiger charge is 2.14. The Morgan fingerprint density at radius 3 is 3.06 bits per heavy atom. The maximum absolute atomic E-state index is 5.71. The Morgan fingerprint density at radius 1 is 1.44 bits per heavy atom. The van der Waals surface area contributed by atoms with Crippen molar-refractivity contribution in [1.82, 2.24) is 20.3 Å². The van der Waals surface area contributed by atoms with E-state index in [9.17, 15) is 0 Å². The molecule has 1 saturated carbocycles. The molecule has 1 N–H and O–H groups in total. The van der Waals surface area contributed by atoms with Crippen molar-refractivity contribution >= 4 is 0 Å². The van der Waals surface area contributed by atoms with Gasteiger partial charge < -0.3 is 10.1 Å². The summed E-state index contributed by atoms with van der Waals surface area (Å²) >= 11 is 0. The van der Waals surface area contributed by atoms with E-state index in [-0.39, 0.29) is 0 Å². The maximum atomic E-state index is 5.71. The van der Waals surface area contributed by atoms with Crippen LogP contribution >= 0.6 is 0 Å². The smallest absolute Gasteiger partial charge is 0.0964 e. The molecule has 0 aromatic carbocycles. The summed E-state index contributed by atoms with van der Waals surface area (Å²) in [6.07, 6.45) is 7.43. The summed E-state index contributed by atoms with van der Waals surface area (Å²) in [4.78, 5) is 0. The van der Waals surface area contributed by atoms with Crippen LogP contribution in [-0.2, 0) is 17.8 Å². The second-order valence-corrected chi connectivity index (χ2v) is 4.98. The highest BCUT2D eigenvalue weighted by molar-refractivity contribution is 4.91. The van der Waals surface area contributed by atoms with Gasteiger partial charge in [0, 0.05) is 19.3 Å². The van der Waals surface area contributed by atoms with Gasteiger partial charge in [-0.3, -0.25) is 0 Å². The lowest BCUT2D eigenvalue weighted by Crippen LogP contribution is -2.12. The van der Waals surface area contributed by atoms with Crippen LogP contribution in [0.5, 0.6) is 0 Å². The molecule has 1 aliphatic rings. The molecule has 1 fully saturated rings. The molecule has 5 nitrogen and oxygen atoms in total. The largest absolute Gasteiger partial charge is 0.379 e. The standard InChI is InChI=1S/C13H24N4O/c1-2-14-9-13-10-17(16-15-13)7-8-18-11-12-5-3-4-6-12/h10,12,14H,2-9,11H2,1H3. The summed E-state index contributed by atoms with van der Waals surface area (Å²) in [5, 5.41) is 11.4. The number of rotatable bonds is 8. The van der Waals surface area contributed by atoms with E-state index in [1.165, 1.54) is 25.7 Å². The number of nitrogens with zero attached hydrogens (tertiary/aromatic N) is 3. The van der Waals surface area contributed by atoms with Crippen LogP contribution in [-0.4, -0.2) is 34.8 Å². The molecular weight excluding hydrogens is 228 g/mol. The molecule has 0 unspecified atom stereocenters. The minimum absolute atomic E-state index is 0.737. The fourth-order valence-electron chi connectivity index (χ4n) is 2.37. The van der Waals surface area contributed by atoms with Gasteiger partial charge in [0.05, 0.1) is 18.8 Å². The van der Waals surface area contributed by atoms with Gasteiger partial charge in [-0.05, 0) is 25.3 Å². The molecule has 0 amide bonds. The second kappa shape index (κ2) is 7.48. The summed E-state index contributed by atoms with van der Waals surface area (Å²) in [6, 6.07) is 0. The first-order chi connectivity index (χ1) is 8.88. The van der Waals surface area contributed by atoms with E-state index in [0.717, 1.165) is 44.5 Å². The molecule has 102 valence electrons. The highest BCUT2D eigenvalue weighted by atomic mass is 16.5. The third-order valence-electron chi connectivity index (χ3n) is 3.44. The van der Waals surface area contributed by atoms with Crippen molar-refractivity contribution in [2.45, 2.75) is 45.7 Å². The number of nitrogens with one attached hydrogen (secondary N) is 1. The lowest BCUT2D eigenvalue weighted by molar-refractivity contribution is 0.0926. The number of aromatic nitrogens is 3. The molecule has 0 atom stereocenters. The van der Waals surface area contributed by atoms with Crippen molar-refractivity contribution in [3.8, 4) is 0 Å². The summed E-state index contributed by atoms with van der Waals surface area (Å²) in [6.45, 7) is 6.28. The molecular formula is C13H24N4O. The van der Waals surface area contributed by atoms with Crippen LogP contribution in [0.2, 0.25) is 0 Å². The van der Waals surface area contributed by atoms with E-state index in [2.05, 4.69) is 22.6 Å². The predicted molar refractivity (Wildman–Crippen MR) is 70.2 cm³/mol. The Balaban J connectivity index is 1.59. The Labute approximate surface area is 109 Å². The second-order valence-electron chi connectivity index (χ2n) is 4.98. The van der Waals surface area contributed by atoms with Gasteiger partial charge in [0.2, 0.25) is 0 Å². The quantitative estimate of drug-likeness (QED) is 0.714. The van der Waals surface area contributed by atoms with Gasteiger partial charge in [0.25, 0.3) is 0 Å². The molecule has 1 aromatic rings. The summed E-state index contributed by atoms with van der Waals surface area (Å²) in [5.74, 6) is 0.796. The molecule has 1 aromatic heterocycles. The Morgan fingerprint density at radius 2 is 2.28 bits per heavy atom. The molecule has 2 rings (SSSR count). The number of ether oxygens (including phenoxy) is 1. The first-order valence-electron chi connectivity index (χ1n) is 7.06. The Kier molecular flexibility index (Phi) is 5.61. The van der Waals surface area contributed by atoms with Crippen molar-refractivity contribution in [2.24, 2.45) is 5.92 Å². The van der Waals surface area contributed by atoms with Crippen LogP contribution in [0.25, 0.3) is 0 Å². The van der Waals surface area contributed by atoms with Crippen LogP contribution in [0.15, 0.2) is 6.20 Å². The van der Waals surface area contributed by atoms with Crippen molar-refractivity contribution in [1.29, 1.82) is 0 Å². The third-order valence-corrected chi connectivity index (χ3v) is 3.44. The van der Waals surface area contributed by atoms with Crippen LogP contribution in [0.3, 0.4) is 0 Å². The molecule has 0 aliphatic heterocycles. The average molecular weight is 252 g/mol. The lowest BCUT2D eigenvalue weighted by Gasteiger charge is -2.09. The normalized spacial score (nSPS) is 16.5. The van der Waals surface area contributed by atoms with Gasteiger partial charge in [-0.25, -0.2) is 4.68 Å². The fraction of sp³-hybridized carbons (Fsp3) is 0.846. The van der Waals surface area contributed by atoms with Gasteiger partial charge in [-0.15, -0.1) is 5.10 Å². The zero-order valence-electron chi connectivity index (χ0n) is 11.3. The topological polar surface area (TPSA) is 52.0 Å². The van der Waals surface area contributed by atoms with Gasteiger partial charge in [-0.2, -0.15) is 0 Å². The first-order valence-corrected chi connectivity index (χ1v) is 7.06. The summed E-state index contributed by atoms with van der Waals surface area (Å²) in [5.41, 5.74) is 0.993. The minimum Gasteiger partial charge on any atom is -0.379 e. The van der Waals surface area contributed by atoms with E-state index in [1.807, 2.05) is 10.9 Å². The lowest BCUT2D eigenvalue weighted by atomic mass is 10.1. The zero-order valence-corrected chi connectivity index (χ0v) is 11.3. The first kappa shape index (κ1) is 13.5. The Hall–Kier alpha value is -0.940. The average Bonchev–Trinajstić information content (AvgIpc) is 3.04. The molecule has 1 aliphatic carbocycles. The summed E-state index contributed by atoms with van der Waals surface area (Å²) < 4.78 is 7.57. The zero-order chi connectivity index (χ0) is 12.6. The van der Waals surface area contributed by atoms with Gasteiger partial charge in [0.1, 0.15) is 0 Å². The molecule has 0 bridgehead atoms. The molecule has 5 heteroatoms. The van der Waals surface area contributed by atoms with Crippen molar-refractivity contribution in [3.05, 3.63) is 11.9 Å². The Bertz CT molecular complexity index is 333. The van der Waals surface area contributed by atoms with Crippen LogP contribution in [0.1, 0.15) is 38.3 Å². The minimum atomic E-state index is 0.737. The highest BCUT2D eigenvalue weighted by Crippen LogP contribution is 2.24. The van der Waals surface area contributed by atoms with Crippen LogP contribution < -0.4 is 5.32 Å². The number of hydrogen-bond donors (Lipinski definition) is 1. The van der Waals surface area contributed by atoms with Crippen molar-refractivity contribution < 1.29 is 4.74 Å². The van der Waals surface area contributed by atoms with E-state index < -0.39 is 0 Å². The summed E-state index contributed by atoms with van der Waals surface area (Å²) in [7, 11) is 0.